The van der Waals surface area contributed by atoms with Crippen LogP contribution in [0.25, 0.3) is 11.2 Å². The molecule has 3 rings (SSSR count). The average Bonchev–Trinajstić information content (AvgIpc) is 2.97. The van der Waals surface area contributed by atoms with E-state index < -0.39 is 24.5 Å². The van der Waals surface area contributed by atoms with Crippen LogP contribution in [-0.2, 0) is 4.74 Å². The standard InChI is InChI=1S/C11H12ClN5O3/c12-2-1-5-7(18)8(19)11(20-5)17-4-16-6-9(13)14-3-15-10(6)17/h1-5,7-8,11,18-19H,(H2,13,14,15)/b2-1-. The highest BCUT2D eigenvalue weighted by molar-refractivity contribution is 6.25. The maximum atomic E-state index is 10.1. The third-order valence-electron chi connectivity index (χ3n) is 3.20. The van der Waals surface area contributed by atoms with Crippen molar-refractivity contribution in [3.63, 3.8) is 0 Å². The normalized spacial score (nSPS) is 30.6. The first-order valence-corrected chi connectivity index (χ1v) is 6.28. The van der Waals surface area contributed by atoms with Gasteiger partial charge in [0.1, 0.15) is 30.2 Å². The van der Waals surface area contributed by atoms with Crippen molar-refractivity contribution in [2.75, 3.05) is 5.73 Å². The van der Waals surface area contributed by atoms with Crippen LogP contribution in [0.2, 0.25) is 0 Å². The van der Waals surface area contributed by atoms with Crippen molar-refractivity contribution in [2.24, 2.45) is 0 Å². The number of anilines is 1. The molecule has 1 aliphatic heterocycles. The molecule has 8 nitrogen and oxygen atoms in total. The fraction of sp³-hybridized carbons (Fsp3) is 0.364. The van der Waals surface area contributed by atoms with Crippen LogP contribution in [0.3, 0.4) is 0 Å². The quantitative estimate of drug-likeness (QED) is 0.701. The molecule has 4 N–H and O–H groups in total. The second kappa shape index (κ2) is 4.98. The van der Waals surface area contributed by atoms with Gasteiger partial charge in [0, 0.05) is 5.54 Å². The van der Waals surface area contributed by atoms with Gasteiger partial charge in [-0.25, -0.2) is 15.0 Å². The van der Waals surface area contributed by atoms with Gasteiger partial charge in [0.25, 0.3) is 0 Å². The molecule has 4 atom stereocenters. The topological polar surface area (TPSA) is 119 Å². The first-order valence-electron chi connectivity index (χ1n) is 5.85. The molecule has 2 aromatic rings. The Hall–Kier alpha value is -1.74. The van der Waals surface area contributed by atoms with Crippen LogP contribution >= 0.6 is 11.6 Å². The number of aliphatic hydroxyl groups is 2. The van der Waals surface area contributed by atoms with E-state index in [0.717, 1.165) is 0 Å². The van der Waals surface area contributed by atoms with Crippen molar-refractivity contribution in [1.29, 1.82) is 0 Å². The van der Waals surface area contributed by atoms with Crippen LogP contribution in [-0.4, -0.2) is 48.0 Å². The van der Waals surface area contributed by atoms with Gasteiger partial charge < -0.3 is 20.7 Å². The minimum absolute atomic E-state index is 0.235. The number of rotatable bonds is 2. The fourth-order valence-electron chi connectivity index (χ4n) is 2.20. The number of aliphatic hydroxyl groups excluding tert-OH is 2. The predicted octanol–water partition coefficient (Wildman–Crippen LogP) is -0.220. The van der Waals surface area contributed by atoms with Gasteiger partial charge in [-0.3, -0.25) is 4.57 Å². The zero-order valence-corrected chi connectivity index (χ0v) is 10.9. The third kappa shape index (κ3) is 1.93. The highest BCUT2D eigenvalue weighted by Gasteiger charge is 2.43. The Bertz CT molecular complexity index is 661. The Kier molecular flexibility index (Phi) is 3.30. The van der Waals surface area contributed by atoms with E-state index in [4.69, 9.17) is 22.1 Å². The summed E-state index contributed by atoms with van der Waals surface area (Å²) >= 11 is 5.47. The molecule has 106 valence electrons. The SMILES string of the molecule is Nc1ncnc2c1ncn2C1OC(/C=C\Cl)C(O)C1O. The van der Waals surface area contributed by atoms with Gasteiger partial charge in [0.05, 0.1) is 6.33 Å². The lowest BCUT2D eigenvalue weighted by Gasteiger charge is -2.16. The van der Waals surface area contributed by atoms with Gasteiger partial charge in [-0.15, -0.1) is 0 Å². The molecule has 9 heteroatoms. The number of hydrogen-bond donors (Lipinski definition) is 3. The summed E-state index contributed by atoms with van der Waals surface area (Å²) in [6, 6.07) is 0. The van der Waals surface area contributed by atoms with E-state index in [1.54, 1.807) is 0 Å². The summed E-state index contributed by atoms with van der Waals surface area (Å²) in [6.07, 6.45) is 0.421. The Morgan fingerprint density at radius 3 is 2.85 bits per heavy atom. The Morgan fingerprint density at radius 2 is 2.10 bits per heavy atom. The highest BCUT2D eigenvalue weighted by Crippen LogP contribution is 2.32. The van der Waals surface area contributed by atoms with Gasteiger partial charge in [-0.05, 0) is 6.08 Å². The average molecular weight is 298 g/mol. The maximum absolute atomic E-state index is 10.1. The first-order chi connectivity index (χ1) is 9.63. The number of fused-ring (bicyclic) bond motifs is 1. The molecule has 20 heavy (non-hydrogen) atoms. The van der Waals surface area contributed by atoms with E-state index in [1.807, 2.05) is 0 Å². The zero-order chi connectivity index (χ0) is 14.3. The van der Waals surface area contributed by atoms with Gasteiger partial charge in [0.2, 0.25) is 0 Å². The van der Waals surface area contributed by atoms with E-state index in [2.05, 4.69) is 15.0 Å². The highest BCUT2D eigenvalue weighted by atomic mass is 35.5. The summed E-state index contributed by atoms with van der Waals surface area (Å²) in [5.41, 5.74) is 7.76. The van der Waals surface area contributed by atoms with Crippen molar-refractivity contribution in [2.45, 2.75) is 24.5 Å². The lowest BCUT2D eigenvalue weighted by atomic mass is 10.1. The Labute approximate surface area is 118 Å². The summed E-state index contributed by atoms with van der Waals surface area (Å²) in [7, 11) is 0. The first kappa shape index (κ1) is 13.3. The van der Waals surface area contributed by atoms with Crippen molar-refractivity contribution in [1.82, 2.24) is 19.5 Å². The summed E-state index contributed by atoms with van der Waals surface area (Å²) < 4.78 is 7.07. The van der Waals surface area contributed by atoms with Crippen molar-refractivity contribution < 1.29 is 14.9 Å². The molecule has 1 aliphatic rings. The molecule has 4 unspecified atom stereocenters. The smallest absolute Gasteiger partial charge is 0.167 e. The van der Waals surface area contributed by atoms with Crippen LogP contribution in [0.4, 0.5) is 5.82 Å². The molecular formula is C11H12ClN5O3. The minimum Gasteiger partial charge on any atom is -0.387 e. The number of hydrogen-bond acceptors (Lipinski definition) is 7. The molecule has 2 aromatic heterocycles. The molecule has 0 amide bonds. The molecule has 0 spiro atoms. The second-order valence-corrected chi connectivity index (χ2v) is 4.63. The molecule has 0 radical (unpaired) electrons. The van der Waals surface area contributed by atoms with Crippen molar-refractivity contribution in [3.05, 3.63) is 24.3 Å². The van der Waals surface area contributed by atoms with Gasteiger partial charge in [0.15, 0.2) is 17.7 Å². The number of imidazole rings is 1. The molecule has 0 aliphatic carbocycles. The number of halogens is 1. The minimum atomic E-state index is -1.14. The zero-order valence-electron chi connectivity index (χ0n) is 10.2. The van der Waals surface area contributed by atoms with E-state index in [9.17, 15) is 10.2 Å². The number of aromatic nitrogens is 4. The lowest BCUT2D eigenvalue weighted by Crippen LogP contribution is -2.30. The number of ether oxygens (including phenoxy) is 1. The number of nitrogens with zero attached hydrogens (tertiary/aromatic N) is 4. The molecule has 0 bridgehead atoms. The number of nitrogens with two attached hydrogens (primary N) is 1. The van der Waals surface area contributed by atoms with Crippen LogP contribution in [0, 0.1) is 0 Å². The van der Waals surface area contributed by atoms with E-state index in [0.29, 0.717) is 11.2 Å². The largest absolute Gasteiger partial charge is 0.387 e. The van der Waals surface area contributed by atoms with E-state index in [1.165, 1.54) is 28.8 Å². The van der Waals surface area contributed by atoms with Crippen LogP contribution in [0.15, 0.2) is 24.3 Å². The summed E-state index contributed by atoms with van der Waals surface area (Å²) in [6.45, 7) is 0. The monoisotopic (exact) mass is 297 g/mol. The molecule has 3 heterocycles. The molecular weight excluding hydrogens is 286 g/mol. The van der Waals surface area contributed by atoms with Crippen LogP contribution in [0.5, 0.6) is 0 Å². The molecule has 0 aromatic carbocycles. The fourth-order valence-corrected chi connectivity index (χ4v) is 2.35. The predicted molar refractivity (Wildman–Crippen MR) is 70.7 cm³/mol. The molecule has 1 fully saturated rings. The molecule has 0 saturated carbocycles. The van der Waals surface area contributed by atoms with Crippen molar-refractivity contribution in [3.8, 4) is 0 Å². The van der Waals surface area contributed by atoms with E-state index in [-0.39, 0.29) is 5.82 Å². The van der Waals surface area contributed by atoms with Gasteiger partial charge >= 0.3 is 0 Å². The maximum Gasteiger partial charge on any atom is 0.167 e. The van der Waals surface area contributed by atoms with Crippen LogP contribution < -0.4 is 5.73 Å². The van der Waals surface area contributed by atoms with Gasteiger partial charge in [-0.2, -0.15) is 0 Å². The second-order valence-electron chi connectivity index (χ2n) is 4.37. The molecule has 1 saturated heterocycles. The summed E-state index contributed by atoms with van der Waals surface area (Å²) in [4.78, 5) is 12.0. The van der Waals surface area contributed by atoms with Crippen molar-refractivity contribution >= 4 is 28.6 Å². The lowest BCUT2D eigenvalue weighted by molar-refractivity contribution is -0.0244. The Morgan fingerprint density at radius 1 is 1.30 bits per heavy atom. The third-order valence-corrected chi connectivity index (χ3v) is 3.34. The number of nitrogen functional groups attached to an aromatic ring is 1. The summed E-state index contributed by atoms with van der Waals surface area (Å²) in [5, 5.41) is 20.0. The summed E-state index contributed by atoms with van der Waals surface area (Å²) in [5.74, 6) is 0.235. The van der Waals surface area contributed by atoms with E-state index >= 15 is 0 Å². The van der Waals surface area contributed by atoms with Gasteiger partial charge in [-0.1, -0.05) is 11.6 Å². The Balaban J connectivity index is 2.02. The van der Waals surface area contributed by atoms with Crippen LogP contribution in [0.1, 0.15) is 6.23 Å².